The molecule has 0 bridgehead atoms. The van der Waals surface area contributed by atoms with Crippen LogP contribution in [0.2, 0.25) is 0 Å². The molecule has 2 N–H and O–H groups in total. The fourth-order valence-corrected chi connectivity index (χ4v) is 1.97. The van der Waals surface area contributed by atoms with Gasteiger partial charge in [-0.3, -0.25) is 9.59 Å². The van der Waals surface area contributed by atoms with Crippen LogP contribution in [0, 0.1) is 18.6 Å². The molecule has 0 aliphatic rings. The third kappa shape index (κ3) is 5.79. The predicted molar refractivity (Wildman–Crippen MR) is 86.9 cm³/mol. The van der Waals surface area contributed by atoms with Crippen molar-refractivity contribution in [2.75, 3.05) is 6.54 Å². The van der Waals surface area contributed by atoms with Crippen LogP contribution in [-0.2, 0) is 11.2 Å². The summed E-state index contributed by atoms with van der Waals surface area (Å²) in [5, 5.41) is 10.1. The number of nitrogens with one attached hydrogen (secondary N) is 1. The van der Waals surface area contributed by atoms with E-state index >= 15 is 0 Å². The Balaban J connectivity index is 0.000000272. The summed E-state index contributed by atoms with van der Waals surface area (Å²) in [4.78, 5) is 21.2. The number of carbonyl (C=O) groups excluding carboxylic acids is 1. The highest BCUT2D eigenvalue weighted by atomic mass is 19.1. The Kier molecular flexibility index (Phi) is 7.55. The van der Waals surface area contributed by atoms with E-state index in [1.54, 1.807) is 0 Å². The van der Waals surface area contributed by atoms with Gasteiger partial charge in [-0.1, -0.05) is 37.3 Å². The van der Waals surface area contributed by atoms with Gasteiger partial charge in [-0.2, -0.15) is 0 Å². The molecule has 0 radical (unpaired) electrons. The van der Waals surface area contributed by atoms with E-state index < -0.39 is 35.6 Å². The quantitative estimate of drug-likeness (QED) is 0.900. The van der Waals surface area contributed by atoms with E-state index in [0.717, 1.165) is 24.6 Å². The molecule has 24 heavy (non-hydrogen) atoms. The van der Waals surface area contributed by atoms with Crippen LogP contribution < -0.4 is 5.32 Å². The molecule has 0 aromatic heterocycles. The Morgan fingerprint density at radius 3 is 2.08 bits per heavy atom. The molecule has 0 heterocycles. The van der Waals surface area contributed by atoms with E-state index in [1.165, 1.54) is 11.1 Å². The second-order valence-electron chi connectivity index (χ2n) is 4.95. The molecule has 2 aromatic rings. The van der Waals surface area contributed by atoms with Gasteiger partial charge >= 0.3 is 5.97 Å². The van der Waals surface area contributed by atoms with Crippen molar-refractivity contribution in [1.82, 2.24) is 5.32 Å². The molecule has 1 amide bonds. The highest BCUT2D eigenvalue weighted by Crippen LogP contribution is 2.11. The minimum absolute atomic E-state index is 0.688. The fraction of sp³-hybridized carbons (Fsp3) is 0.222. The first-order valence-electron chi connectivity index (χ1n) is 7.35. The minimum Gasteiger partial charge on any atom is -0.480 e. The summed E-state index contributed by atoms with van der Waals surface area (Å²) in [6.07, 6.45) is 1.15. The first kappa shape index (κ1) is 19.3. The topological polar surface area (TPSA) is 66.4 Å². The van der Waals surface area contributed by atoms with Crippen LogP contribution >= 0.6 is 0 Å². The molecule has 0 fully saturated rings. The van der Waals surface area contributed by atoms with Gasteiger partial charge < -0.3 is 10.4 Å². The maximum Gasteiger partial charge on any atom is 0.322 e. The first-order chi connectivity index (χ1) is 11.4. The van der Waals surface area contributed by atoms with Crippen molar-refractivity contribution in [3.8, 4) is 0 Å². The number of hydrogen-bond donors (Lipinski definition) is 2. The van der Waals surface area contributed by atoms with Crippen molar-refractivity contribution in [3.63, 3.8) is 0 Å². The number of halogens is 2. The smallest absolute Gasteiger partial charge is 0.322 e. The molecule has 0 atom stereocenters. The fourth-order valence-electron chi connectivity index (χ4n) is 1.97. The lowest BCUT2D eigenvalue weighted by molar-refractivity contribution is -0.135. The zero-order chi connectivity index (χ0) is 18.1. The summed E-state index contributed by atoms with van der Waals surface area (Å²) in [5.74, 6) is -4.44. The third-order valence-corrected chi connectivity index (χ3v) is 3.23. The lowest BCUT2D eigenvalue weighted by Crippen LogP contribution is -2.30. The summed E-state index contributed by atoms with van der Waals surface area (Å²) in [7, 11) is 0. The Hall–Kier alpha value is -2.76. The number of aryl methyl sites for hydroxylation is 2. The summed E-state index contributed by atoms with van der Waals surface area (Å²) < 4.78 is 26.0. The van der Waals surface area contributed by atoms with Gasteiger partial charge in [-0.05, 0) is 36.6 Å². The highest BCUT2D eigenvalue weighted by molar-refractivity contribution is 5.96. The van der Waals surface area contributed by atoms with Crippen LogP contribution in [0.5, 0.6) is 0 Å². The summed E-state index contributed by atoms with van der Waals surface area (Å²) in [5.41, 5.74) is 2.08. The van der Waals surface area contributed by atoms with Gasteiger partial charge in [0.05, 0.1) is 0 Å². The number of carbonyl (C=O) groups is 2. The number of aliphatic carboxylic acids is 1. The van der Waals surface area contributed by atoms with Crippen molar-refractivity contribution < 1.29 is 23.5 Å². The molecule has 2 rings (SSSR count). The zero-order valence-corrected chi connectivity index (χ0v) is 13.5. The maximum atomic E-state index is 13.0. The second kappa shape index (κ2) is 9.39. The van der Waals surface area contributed by atoms with E-state index in [2.05, 4.69) is 38.1 Å². The Morgan fingerprint density at radius 2 is 1.62 bits per heavy atom. The van der Waals surface area contributed by atoms with Crippen molar-refractivity contribution in [3.05, 3.63) is 70.8 Å². The van der Waals surface area contributed by atoms with E-state index in [0.29, 0.717) is 0 Å². The average molecular weight is 335 g/mol. The molecule has 0 aliphatic carbocycles. The Morgan fingerprint density at radius 1 is 1.04 bits per heavy atom. The van der Waals surface area contributed by atoms with Crippen LogP contribution in [0.25, 0.3) is 0 Å². The first-order valence-corrected chi connectivity index (χ1v) is 7.35. The number of rotatable bonds is 4. The monoisotopic (exact) mass is 335 g/mol. The number of hydrogen-bond acceptors (Lipinski definition) is 2. The molecule has 2 aromatic carbocycles. The molecule has 4 nitrogen and oxygen atoms in total. The Bertz CT molecular complexity index is 697. The van der Waals surface area contributed by atoms with E-state index in [-0.39, 0.29) is 0 Å². The molecule has 6 heteroatoms. The van der Waals surface area contributed by atoms with Gasteiger partial charge in [-0.15, -0.1) is 0 Å². The molecule has 0 aliphatic heterocycles. The number of carboxylic acid groups (broad SMARTS) is 1. The maximum absolute atomic E-state index is 13.0. The summed E-state index contributed by atoms with van der Waals surface area (Å²) in [6, 6.07) is 11.4. The van der Waals surface area contributed by atoms with Gasteiger partial charge in [0.25, 0.3) is 5.91 Å². The van der Waals surface area contributed by atoms with Gasteiger partial charge in [0.15, 0.2) is 0 Å². The molecule has 0 spiro atoms. The van der Waals surface area contributed by atoms with Crippen LogP contribution in [0.4, 0.5) is 8.78 Å². The lowest BCUT2D eigenvalue weighted by atomic mass is 10.1. The summed E-state index contributed by atoms with van der Waals surface area (Å²) >= 11 is 0. The van der Waals surface area contributed by atoms with Crippen LogP contribution in [0.3, 0.4) is 0 Å². The highest BCUT2D eigenvalue weighted by Gasteiger charge is 2.16. The molecule has 0 saturated heterocycles. The van der Waals surface area contributed by atoms with E-state index in [4.69, 9.17) is 5.11 Å². The molecule has 128 valence electrons. The van der Waals surface area contributed by atoms with E-state index in [1.807, 2.05) is 5.32 Å². The average Bonchev–Trinajstić information content (AvgIpc) is 2.54. The minimum atomic E-state index is -1.29. The van der Waals surface area contributed by atoms with Crippen LogP contribution in [-0.4, -0.2) is 23.5 Å². The number of benzene rings is 2. The van der Waals surface area contributed by atoms with Gasteiger partial charge in [-0.25, -0.2) is 8.78 Å². The van der Waals surface area contributed by atoms with Gasteiger partial charge in [0, 0.05) is 0 Å². The predicted octanol–water partition coefficient (Wildman–Crippen LogP) is 3.34. The SMILES string of the molecule is CCc1ccccc1C.O=C(O)CNC(=O)c1c(F)cccc1F. The van der Waals surface area contributed by atoms with E-state index in [9.17, 15) is 18.4 Å². The van der Waals surface area contributed by atoms with Crippen LogP contribution in [0.15, 0.2) is 42.5 Å². The number of carboxylic acids is 1. The summed E-state index contributed by atoms with van der Waals surface area (Å²) in [6.45, 7) is 3.65. The van der Waals surface area contributed by atoms with Crippen molar-refractivity contribution >= 4 is 11.9 Å². The van der Waals surface area contributed by atoms with Gasteiger partial charge in [0.2, 0.25) is 0 Å². The molecule has 0 saturated carbocycles. The molecule has 0 unspecified atom stereocenters. The van der Waals surface area contributed by atoms with Crippen LogP contribution in [0.1, 0.15) is 28.4 Å². The zero-order valence-electron chi connectivity index (χ0n) is 13.5. The van der Waals surface area contributed by atoms with Crippen molar-refractivity contribution in [2.45, 2.75) is 20.3 Å². The Labute approximate surface area is 139 Å². The largest absolute Gasteiger partial charge is 0.480 e. The lowest BCUT2D eigenvalue weighted by Gasteiger charge is -2.04. The number of amides is 1. The second-order valence-corrected chi connectivity index (χ2v) is 4.95. The molecular formula is C18H19F2NO3. The van der Waals surface area contributed by atoms with Gasteiger partial charge in [0.1, 0.15) is 23.7 Å². The van der Waals surface area contributed by atoms with Crippen molar-refractivity contribution in [2.24, 2.45) is 0 Å². The standard InChI is InChI=1S/C9H7F2NO3.C9H12/c10-5-2-1-3-6(11)8(5)9(15)12-4-7(13)14;1-3-9-7-5-4-6-8(9)2/h1-3H,4H2,(H,12,15)(H,13,14);4-7H,3H2,1-2H3. The van der Waals surface area contributed by atoms with Crippen molar-refractivity contribution in [1.29, 1.82) is 0 Å². The third-order valence-electron chi connectivity index (χ3n) is 3.23. The molecular weight excluding hydrogens is 316 g/mol. The normalized spacial score (nSPS) is 9.67.